The van der Waals surface area contributed by atoms with E-state index in [1.807, 2.05) is 55.1 Å². The first-order valence-corrected chi connectivity index (χ1v) is 7.67. The number of benzene rings is 1. The summed E-state index contributed by atoms with van der Waals surface area (Å²) in [6.07, 6.45) is 4.05. The van der Waals surface area contributed by atoms with Crippen LogP contribution in [-0.2, 0) is 11.3 Å². The Labute approximate surface area is 132 Å². The Kier molecular flexibility index (Phi) is 6.10. The van der Waals surface area contributed by atoms with Crippen LogP contribution in [0.1, 0.15) is 24.5 Å². The van der Waals surface area contributed by atoms with Gasteiger partial charge in [-0.1, -0.05) is 12.1 Å². The predicted octanol–water partition coefficient (Wildman–Crippen LogP) is 2.92. The van der Waals surface area contributed by atoms with Crippen LogP contribution in [0.25, 0.3) is 0 Å². The molecule has 0 aliphatic carbocycles. The topological polar surface area (TPSA) is 45.2 Å². The van der Waals surface area contributed by atoms with E-state index in [0.717, 1.165) is 12.2 Å². The molecule has 0 unspecified atom stereocenters. The highest BCUT2D eigenvalue weighted by atomic mass is 16.2. The zero-order valence-electron chi connectivity index (χ0n) is 13.2. The number of carbonyl (C=O) groups excluding carboxylic acids is 1. The van der Waals surface area contributed by atoms with Gasteiger partial charge in [0.05, 0.1) is 0 Å². The van der Waals surface area contributed by atoms with Gasteiger partial charge in [-0.15, -0.1) is 0 Å². The minimum Gasteiger partial charge on any atom is -0.313 e. The number of carbonyl (C=O) groups is 1. The van der Waals surface area contributed by atoms with Gasteiger partial charge in [-0.05, 0) is 49.2 Å². The number of hydrogen-bond donors (Lipinski definition) is 1. The molecule has 2 aromatic rings. The van der Waals surface area contributed by atoms with Gasteiger partial charge in [0.1, 0.15) is 0 Å². The number of anilines is 1. The number of amides is 1. The van der Waals surface area contributed by atoms with Crippen molar-refractivity contribution in [2.75, 3.05) is 18.0 Å². The molecule has 1 N–H and O–H groups in total. The molecule has 0 saturated heterocycles. The molecule has 4 heteroatoms. The maximum Gasteiger partial charge on any atom is 0.228 e. The lowest BCUT2D eigenvalue weighted by atomic mass is 10.2. The second-order valence-electron chi connectivity index (χ2n) is 5.26. The molecule has 116 valence electrons. The molecule has 0 bridgehead atoms. The molecule has 1 heterocycles. The quantitative estimate of drug-likeness (QED) is 0.799. The Morgan fingerprint density at radius 1 is 1.23 bits per heavy atom. The summed E-state index contributed by atoms with van der Waals surface area (Å²) < 4.78 is 0. The van der Waals surface area contributed by atoms with Gasteiger partial charge in [0.15, 0.2) is 0 Å². The van der Waals surface area contributed by atoms with Crippen LogP contribution >= 0.6 is 0 Å². The summed E-state index contributed by atoms with van der Waals surface area (Å²) in [5.41, 5.74) is 3.31. The van der Waals surface area contributed by atoms with Crippen LogP contribution in [0.2, 0.25) is 0 Å². The molecule has 2 rings (SSSR count). The Morgan fingerprint density at radius 3 is 2.68 bits per heavy atom. The molecular weight excluding hydrogens is 274 g/mol. The SMILES string of the molecule is CCN(C(=O)CCNCc1ccncc1)c1cccc(C)c1. The zero-order chi connectivity index (χ0) is 15.8. The average Bonchev–Trinajstić information content (AvgIpc) is 2.53. The lowest BCUT2D eigenvalue weighted by Gasteiger charge is -2.21. The lowest BCUT2D eigenvalue weighted by Crippen LogP contribution is -2.33. The third-order valence-corrected chi connectivity index (χ3v) is 3.52. The first kappa shape index (κ1) is 16.2. The van der Waals surface area contributed by atoms with Crippen molar-refractivity contribution in [1.82, 2.24) is 10.3 Å². The summed E-state index contributed by atoms with van der Waals surface area (Å²) in [5, 5.41) is 3.30. The highest BCUT2D eigenvalue weighted by Gasteiger charge is 2.13. The van der Waals surface area contributed by atoms with Crippen molar-refractivity contribution in [3.05, 3.63) is 59.9 Å². The smallest absolute Gasteiger partial charge is 0.228 e. The van der Waals surface area contributed by atoms with E-state index in [2.05, 4.69) is 10.3 Å². The van der Waals surface area contributed by atoms with Crippen molar-refractivity contribution in [3.63, 3.8) is 0 Å². The van der Waals surface area contributed by atoms with Gasteiger partial charge in [0.2, 0.25) is 5.91 Å². The lowest BCUT2D eigenvalue weighted by molar-refractivity contribution is -0.118. The first-order chi connectivity index (χ1) is 10.7. The summed E-state index contributed by atoms with van der Waals surface area (Å²) in [5.74, 6) is 0.148. The molecule has 4 nitrogen and oxygen atoms in total. The van der Waals surface area contributed by atoms with Crippen molar-refractivity contribution in [1.29, 1.82) is 0 Å². The third kappa shape index (κ3) is 4.67. The van der Waals surface area contributed by atoms with E-state index in [9.17, 15) is 4.79 Å². The molecule has 0 saturated carbocycles. The molecule has 0 aliphatic rings. The predicted molar refractivity (Wildman–Crippen MR) is 89.8 cm³/mol. The highest BCUT2D eigenvalue weighted by Crippen LogP contribution is 2.16. The van der Waals surface area contributed by atoms with E-state index in [1.54, 1.807) is 12.4 Å². The van der Waals surface area contributed by atoms with Crippen molar-refractivity contribution < 1.29 is 4.79 Å². The second-order valence-corrected chi connectivity index (χ2v) is 5.26. The minimum atomic E-state index is 0.148. The Balaban J connectivity index is 1.82. The largest absolute Gasteiger partial charge is 0.313 e. The molecule has 0 spiro atoms. The maximum absolute atomic E-state index is 12.4. The van der Waals surface area contributed by atoms with Crippen LogP contribution < -0.4 is 10.2 Å². The summed E-state index contributed by atoms with van der Waals surface area (Å²) >= 11 is 0. The van der Waals surface area contributed by atoms with Crippen LogP contribution in [-0.4, -0.2) is 24.0 Å². The van der Waals surface area contributed by atoms with Crippen molar-refractivity contribution in [2.45, 2.75) is 26.8 Å². The monoisotopic (exact) mass is 297 g/mol. The maximum atomic E-state index is 12.4. The van der Waals surface area contributed by atoms with Gasteiger partial charge >= 0.3 is 0 Å². The van der Waals surface area contributed by atoms with Crippen LogP contribution in [0.4, 0.5) is 5.69 Å². The van der Waals surface area contributed by atoms with Gasteiger partial charge in [0.25, 0.3) is 0 Å². The zero-order valence-corrected chi connectivity index (χ0v) is 13.2. The van der Waals surface area contributed by atoms with Gasteiger partial charge in [-0.25, -0.2) is 0 Å². The normalized spacial score (nSPS) is 10.5. The molecule has 22 heavy (non-hydrogen) atoms. The molecular formula is C18H23N3O. The van der Waals surface area contributed by atoms with Crippen molar-refractivity contribution in [3.8, 4) is 0 Å². The van der Waals surface area contributed by atoms with E-state index in [4.69, 9.17) is 0 Å². The van der Waals surface area contributed by atoms with Crippen LogP contribution in [0.15, 0.2) is 48.8 Å². The number of pyridine rings is 1. The van der Waals surface area contributed by atoms with E-state index in [1.165, 1.54) is 11.1 Å². The fourth-order valence-corrected chi connectivity index (χ4v) is 2.36. The van der Waals surface area contributed by atoms with E-state index >= 15 is 0 Å². The van der Waals surface area contributed by atoms with Crippen LogP contribution in [0.3, 0.4) is 0 Å². The second kappa shape index (κ2) is 8.29. The molecule has 0 radical (unpaired) electrons. The third-order valence-electron chi connectivity index (χ3n) is 3.52. The van der Waals surface area contributed by atoms with Crippen molar-refractivity contribution in [2.24, 2.45) is 0 Å². The summed E-state index contributed by atoms with van der Waals surface area (Å²) in [7, 11) is 0. The fraction of sp³-hybridized carbons (Fsp3) is 0.333. The van der Waals surface area contributed by atoms with Gasteiger partial charge in [-0.3, -0.25) is 9.78 Å². The summed E-state index contributed by atoms with van der Waals surface area (Å²) in [6.45, 7) is 6.16. The highest BCUT2D eigenvalue weighted by molar-refractivity contribution is 5.93. The number of aromatic nitrogens is 1. The molecule has 1 aromatic heterocycles. The Hall–Kier alpha value is -2.20. The molecule has 0 aliphatic heterocycles. The number of nitrogens with zero attached hydrogens (tertiary/aromatic N) is 2. The van der Waals surface area contributed by atoms with E-state index in [0.29, 0.717) is 19.5 Å². The summed E-state index contributed by atoms with van der Waals surface area (Å²) in [4.78, 5) is 18.2. The van der Waals surface area contributed by atoms with Crippen molar-refractivity contribution >= 4 is 11.6 Å². The minimum absolute atomic E-state index is 0.148. The number of rotatable bonds is 7. The average molecular weight is 297 g/mol. The molecule has 0 fully saturated rings. The van der Waals surface area contributed by atoms with E-state index in [-0.39, 0.29) is 5.91 Å². The number of nitrogens with one attached hydrogen (secondary N) is 1. The molecule has 1 aromatic carbocycles. The Bertz CT molecular complexity index is 598. The fourth-order valence-electron chi connectivity index (χ4n) is 2.36. The van der Waals surface area contributed by atoms with E-state index < -0.39 is 0 Å². The van der Waals surface area contributed by atoms with Gasteiger partial charge in [-0.2, -0.15) is 0 Å². The molecule has 0 atom stereocenters. The number of aryl methyl sites for hydroxylation is 1. The summed E-state index contributed by atoms with van der Waals surface area (Å²) in [6, 6.07) is 12.0. The molecule has 1 amide bonds. The Morgan fingerprint density at radius 2 is 2.00 bits per heavy atom. The van der Waals surface area contributed by atoms with Gasteiger partial charge in [0, 0.05) is 44.1 Å². The number of hydrogen-bond acceptors (Lipinski definition) is 3. The van der Waals surface area contributed by atoms with Gasteiger partial charge < -0.3 is 10.2 Å². The first-order valence-electron chi connectivity index (χ1n) is 7.67. The van der Waals surface area contributed by atoms with Crippen LogP contribution in [0.5, 0.6) is 0 Å². The standard InChI is InChI=1S/C18H23N3O/c1-3-21(17-6-4-5-15(2)13-17)18(22)9-12-20-14-16-7-10-19-11-8-16/h4-8,10-11,13,20H,3,9,12,14H2,1-2H3. The van der Waals surface area contributed by atoms with Crippen LogP contribution in [0, 0.1) is 6.92 Å².